The van der Waals surface area contributed by atoms with Crippen molar-refractivity contribution in [3.8, 4) is 6.07 Å². The minimum absolute atomic E-state index is 0.287. The Balaban J connectivity index is 0.000000861. The second kappa shape index (κ2) is 6.51. The molecule has 0 bridgehead atoms. The van der Waals surface area contributed by atoms with Gasteiger partial charge in [-0.15, -0.1) is 0 Å². The summed E-state index contributed by atoms with van der Waals surface area (Å²) in [5, 5.41) is 8.71. The van der Waals surface area contributed by atoms with E-state index >= 15 is 0 Å². The number of piperidine rings is 1. The van der Waals surface area contributed by atoms with E-state index in [1.54, 1.807) is 12.4 Å². The Bertz CT molecular complexity index is 430. The number of hydrogen-bond donors (Lipinski definition) is 0. The fourth-order valence-electron chi connectivity index (χ4n) is 2.18. The molecule has 0 aromatic carbocycles. The molecule has 1 aromatic rings. The van der Waals surface area contributed by atoms with Gasteiger partial charge < -0.3 is 4.90 Å². The quantitative estimate of drug-likeness (QED) is 0.777. The van der Waals surface area contributed by atoms with Crippen molar-refractivity contribution in [2.75, 3.05) is 18.0 Å². The van der Waals surface area contributed by atoms with Crippen LogP contribution in [0.4, 0.5) is 5.95 Å². The molecule has 1 aliphatic rings. The van der Waals surface area contributed by atoms with Crippen molar-refractivity contribution in [3.63, 3.8) is 0 Å². The molecule has 0 spiro atoms. The van der Waals surface area contributed by atoms with Crippen molar-refractivity contribution >= 4 is 5.95 Å². The Labute approximate surface area is 116 Å². The molecule has 0 amide bonds. The predicted molar refractivity (Wildman–Crippen MR) is 77.9 cm³/mol. The zero-order valence-corrected chi connectivity index (χ0v) is 12.6. The second-order valence-electron chi connectivity index (χ2n) is 5.48. The maximum Gasteiger partial charge on any atom is 0.225 e. The summed E-state index contributed by atoms with van der Waals surface area (Å²) in [4.78, 5) is 10.7. The first-order valence-electron chi connectivity index (χ1n) is 7.00. The molecule has 4 heteroatoms. The van der Waals surface area contributed by atoms with E-state index < -0.39 is 0 Å². The van der Waals surface area contributed by atoms with Gasteiger partial charge in [0, 0.05) is 13.1 Å². The molecule has 1 fully saturated rings. The summed E-state index contributed by atoms with van der Waals surface area (Å²) >= 11 is 0. The molecule has 0 saturated carbocycles. The fourth-order valence-corrected chi connectivity index (χ4v) is 2.18. The first-order chi connectivity index (χ1) is 9.03. The zero-order chi connectivity index (χ0) is 14.5. The summed E-state index contributed by atoms with van der Waals surface area (Å²) < 4.78 is 0. The average molecular weight is 260 g/mol. The summed E-state index contributed by atoms with van der Waals surface area (Å²) in [6.45, 7) is 12.8. The van der Waals surface area contributed by atoms with Crippen LogP contribution in [-0.2, 0) is 0 Å². The summed E-state index contributed by atoms with van der Waals surface area (Å²) in [6, 6.07) is 2.04. The molecule has 1 aliphatic heterocycles. The van der Waals surface area contributed by atoms with Gasteiger partial charge in [0.05, 0.1) is 18.0 Å². The molecule has 19 heavy (non-hydrogen) atoms. The van der Waals surface area contributed by atoms with Crippen molar-refractivity contribution in [2.45, 2.75) is 41.0 Å². The molecule has 1 unspecified atom stereocenters. The molecule has 104 valence electrons. The molecular formula is C15H24N4. The zero-order valence-electron chi connectivity index (χ0n) is 12.6. The van der Waals surface area contributed by atoms with Gasteiger partial charge in [-0.1, -0.05) is 34.6 Å². The third-order valence-corrected chi connectivity index (χ3v) is 3.81. The van der Waals surface area contributed by atoms with E-state index in [1.807, 2.05) is 19.9 Å². The normalized spacial score (nSPS) is 21.1. The summed E-state index contributed by atoms with van der Waals surface area (Å²) in [7, 11) is 0. The van der Waals surface area contributed by atoms with Crippen molar-refractivity contribution in [1.82, 2.24) is 9.97 Å². The molecule has 0 aliphatic carbocycles. The SMILES string of the molecule is CC.CC1CCN(c2ncc(C#N)cn2)CC1(C)C. The standard InChI is InChI=1S/C13H18N4.C2H6/c1-10-4-5-17(9-13(10,2)3)12-15-7-11(6-14)8-16-12;1-2/h7-8,10H,4-5,9H2,1-3H3;1-2H3. The third-order valence-electron chi connectivity index (χ3n) is 3.81. The predicted octanol–water partition coefficient (Wildman–Crippen LogP) is 3.25. The molecule has 0 radical (unpaired) electrons. The minimum atomic E-state index is 0.287. The van der Waals surface area contributed by atoms with Gasteiger partial charge in [-0.05, 0) is 17.8 Å². The monoisotopic (exact) mass is 260 g/mol. The van der Waals surface area contributed by atoms with Crippen LogP contribution in [0.3, 0.4) is 0 Å². The molecule has 4 nitrogen and oxygen atoms in total. The Hall–Kier alpha value is -1.63. The Morgan fingerprint density at radius 2 is 1.89 bits per heavy atom. The van der Waals surface area contributed by atoms with Crippen LogP contribution in [0.5, 0.6) is 0 Å². The Kier molecular flexibility index (Phi) is 5.29. The average Bonchev–Trinajstić information content (AvgIpc) is 2.44. The van der Waals surface area contributed by atoms with Crippen LogP contribution >= 0.6 is 0 Å². The smallest absolute Gasteiger partial charge is 0.225 e. The van der Waals surface area contributed by atoms with Gasteiger partial charge in [0.2, 0.25) is 5.95 Å². The van der Waals surface area contributed by atoms with Gasteiger partial charge >= 0.3 is 0 Å². The van der Waals surface area contributed by atoms with Crippen LogP contribution < -0.4 is 4.90 Å². The molecule has 0 N–H and O–H groups in total. The highest BCUT2D eigenvalue weighted by atomic mass is 15.3. The molecule has 2 rings (SSSR count). The topological polar surface area (TPSA) is 52.8 Å². The van der Waals surface area contributed by atoms with E-state index in [1.165, 1.54) is 0 Å². The number of nitrogens with zero attached hydrogens (tertiary/aromatic N) is 4. The van der Waals surface area contributed by atoms with Crippen LogP contribution in [0.1, 0.15) is 46.6 Å². The van der Waals surface area contributed by atoms with E-state index in [-0.39, 0.29) is 5.41 Å². The van der Waals surface area contributed by atoms with Crippen molar-refractivity contribution in [2.24, 2.45) is 11.3 Å². The van der Waals surface area contributed by atoms with Crippen LogP contribution in [0.2, 0.25) is 0 Å². The van der Waals surface area contributed by atoms with Gasteiger partial charge in [-0.25, -0.2) is 9.97 Å². The molecule has 2 heterocycles. The lowest BCUT2D eigenvalue weighted by Gasteiger charge is -2.42. The van der Waals surface area contributed by atoms with Gasteiger partial charge in [-0.3, -0.25) is 0 Å². The number of nitriles is 1. The van der Waals surface area contributed by atoms with Crippen LogP contribution in [0.15, 0.2) is 12.4 Å². The summed E-state index contributed by atoms with van der Waals surface area (Å²) in [5.74, 6) is 1.46. The van der Waals surface area contributed by atoms with E-state index in [0.717, 1.165) is 31.4 Å². The molecule has 1 atom stereocenters. The molecule has 1 saturated heterocycles. The number of rotatable bonds is 1. The van der Waals surface area contributed by atoms with Crippen LogP contribution in [-0.4, -0.2) is 23.1 Å². The largest absolute Gasteiger partial charge is 0.340 e. The maximum absolute atomic E-state index is 8.71. The van der Waals surface area contributed by atoms with Crippen molar-refractivity contribution < 1.29 is 0 Å². The first kappa shape index (κ1) is 15.4. The third kappa shape index (κ3) is 3.66. The van der Waals surface area contributed by atoms with Crippen molar-refractivity contribution in [3.05, 3.63) is 18.0 Å². The van der Waals surface area contributed by atoms with Crippen molar-refractivity contribution in [1.29, 1.82) is 5.26 Å². The highest BCUT2D eigenvalue weighted by Gasteiger charge is 2.33. The fraction of sp³-hybridized carbons (Fsp3) is 0.667. The molecular weight excluding hydrogens is 236 g/mol. The summed E-state index contributed by atoms with van der Waals surface area (Å²) in [6.07, 6.45) is 4.34. The first-order valence-corrected chi connectivity index (χ1v) is 7.00. The van der Waals surface area contributed by atoms with Gasteiger partial charge in [0.15, 0.2) is 0 Å². The number of hydrogen-bond acceptors (Lipinski definition) is 4. The van der Waals surface area contributed by atoms with Gasteiger partial charge in [0.1, 0.15) is 6.07 Å². The highest BCUT2D eigenvalue weighted by molar-refractivity contribution is 5.34. The highest BCUT2D eigenvalue weighted by Crippen LogP contribution is 2.35. The van der Waals surface area contributed by atoms with E-state index in [0.29, 0.717) is 5.56 Å². The number of anilines is 1. The van der Waals surface area contributed by atoms with Crippen LogP contribution in [0, 0.1) is 22.7 Å². The van der Waals surface area contributed by atoms with E-state index in [4.69, 9.17) is 5.26 Å². The lowest BCUT2D eigenvalue weighted by atomic mass is 9.75. The molecule has 1 aromatic heterocycles. The number of aromatic nitrogens is 2. The maximum atomic E-state index is 8.71. The Morgan fingerprint density at radius 1 is 1.32 bits per heavy atom. The Morgan fingerprint density at radius 3 is 2.37 bits per heavy atom. The summed E-state index contributed by atoms with van der Waals surface area (Å²) in [5.41, 5.74) is 0.800. The second-order valence-corrected chi connectivity index (χ2v) is 5.48. The van der Waals surface area contributed by atoms with Gasteiger partial charge in [0.25, 0.3) is 0 Å². The van der Waals surface area contributed by atoms with Crippen LogP contribution in [0.25, 0.3) is 0 Å². The van der Waals surface area contributed by atoms with E-state index in [9.17, 15) is 0 Å². The van der Waals surface area contributed by atoms with Gasteiger partial charge in [-0.2, -0.15) is 5.26 Å². The lowest BCUT2D eigenvalue weighted by molar-refractivity contribution is 0.192. The minimum Gasteiger partial charge on any atom is -0.340 e. The van der Waals surface area contributed by atoms with E-state index in [2.05, 4.69) is 35.6 Å². The lowest BCUT2D eigenvalue weighted by Crippen LogP contribution is -2.45.